The van der Waals surface area contributed by atoms with Crippen molar-refractivity contribution in [3.05, 3.63) is 29.3 Å². The second-order valence-corrected chi connectivity index (χ2v) is 6.38. The van der Waals surface area contributed by atoms with Crippen molar-refractivity contribution in [3.8, 4) is 6.07 Å². The van der Waals surface area contributed by atoms with Crippen molar-refractivity contribution in [1.29, 1.82) is 5.26 Å². The van der Waals surface area contributed by atoms with Crippen LogP contribution in [0.2, 0.25) is 0 Å². The number of hydrogen-bond acceptors (Lipinski definition) is 3. The fourth-order valence-electron chi connectivity index (χ4n) is 2.32. The maximum absolute atomic E-state index is 9.40. The minimum atomic E-state index is 0.633. The van der Waals surface area contributed by atoms with Crippen LogP contribution >= 0.6 is 0 Å². The largest absolute Gasteiger partial charge is 0.373 e. The van der Waals surface area contributed by atoms with Gasteiger partial charge in [-0.3, -0.25) is 0 Å². The van der Waals surface area contributed by atoms with Crippen molar-refractivity contribution >= 4 is 5.69 Å². The highest BCUT2D eigenvalue weighted by Gasteiger charge is 2.10. The molecule has 0 saturated carbocycles. The number of hydrogen-bond donors (Lipinski definition) is 1. The zero-order valence-electron chi connectivity index (χ0n) is 14.1. The van der Waals surface area contributed by atoms with E-state index in [-0.39, 0.29) is 0 Å². The van der Waals surface area contributed by atoms with Crippen LogP contribution < -0.4 is 10.2 Å². The van der Waals surface area contributed by atoms with E-state index < -0.39 is 0 Å². The first-order chi connectivity index (χ1) is 9.97. The van der Waals surface area contributed by atoms with E-state index in [1.54, 1.807) is 0 Å². The predicted octanol–water partition coefficient (Wildman–Crippen LogP) is 3.79. The molecule has 0 heterocycles. The summed E-state index contributed by atoms with van der Waals surface area (Å²) in [6, 6.07) is 8.55. The highest BCUT2D eigenvalue weighted by molar-refractivity contribution is 5.60. The summed E-state index contributed by atoms with van der Waals surface area (Å²) in [7, 11) is 2.07. The van der Waals surface area contributed by atoms with E-state index in [9.17, 15) is 5.26 Å². The lowest BCUT2D eigenvalue weighted by Crippen LogP contribution is -2.24. The van der Waals surface area contributed by atoms with Gasteiger partial charge in [0.25, 0.3) is 0 Å². The quantitative estimate of drug-likeness (QED) is 0.790. The summed E-state index contributed by atoms with van der Waals surface area (Å²) in [5.74, 6) is 1.27. The van der Waals surface area contributed by atoms with Crippen molar-refractivity contribution in [2.75, 3.05) is 25.0 Å². The molecule has 0 aromatic heterocycles. The summed E-state index contributed by atoms with van der Waals surface area (Å²) in [5.41, 5.74) is 2.97. The summed E-state index contributed by atoms with van der Waals surface area (Å²) < 4.78 is 0. The van der Waals surface area contributed by atoms with Gasteiger partial charge in [-0.15, -0.1) is 0 Å². The average molecular weight is 287 g/mol. The van der Waals surface area contributed by atoms with Crippen LogP contribution in [0.4, 0.5) is 5.69 Å². The van der Waals surface area contributed by atoms with Gasteiger partial charge >= 0.3 is 0 Å². The van der Waals surface area contributed by atoms with Gasteiger partial charge in [-0.2, -0.15) is 5.26 Å². The molecule has 0 bridgehead atoms. The molecule has 1 aromatic rings. The number of rotatable bonds is 8. The number of benzene rings is 1. The molecule has 1 N–H and O–H groups in total. The Morgan fingerprint density at radius 1 is 1.29 bits per heavy atom. The minimum absolute atomic E-state index is 0.633. The Balaban J connectivity index is 2.77. The molecule has 0 spiro atoms. The summed E-state index contributed by atoms with van der Waals surface area (Å²) >= 11 is 0. The monoisotopic (exact) mass is 287 g/mol. The maximum atomic E-state index is 9.40. The summed E-state index contributed by atoms with van der Waals surface area (Å²) in [6.07, 6.45) is 1.16. The first-order valence-electron chi connectivity index (χ1n) is 7.92. The minimum Gasteiger partial charge on any atom is -0.373 e. The van der Waals surface area contributed by atoms with Crippen LogP contribution in [0.5, 0.6) is 0 Å². The Labute approximate surface area is 130 Å². The molecule has 0 amide bonds. The topological polar surface area (TPSA) is 39.1 Å². The normalized spacial score (nSPS) is 12.2. The van der Waals surface area contributed by atoms with Crippen LogP contribution in [0.15, 0.2) is 18.2 Å². The molecule has 1 atom stereocenters. The molecule has 0 radical (unpaired) electrons. The Kier molecular flexibility index (Phi) is 7.25. The van der Waals surface area contributed by atoms with Gasteiger partial charge in [0, 0.05) is 20.1 Å². The number of nitriles is 1. The Hall–Kier alpha value is -1.53. The zero-order valence-corrected chi connectivity index (χ0v) is 14.1. The molecule has 0 saturated heterocycles. The Bertz CT molecular complexity index is 474. The van der Waals surface area contributed by atoms with Crippen LogP contribution in [-0.2, 0) is 6.54 Å². The number of nitrogens with one attached hydrogen (secondary N) is 1. The third-order valence-corrected chi connectivity index (χ3v) is 3.76. The van der Waals surface area contributed by atoms with E-state index >= 15 is 0 Å². The van der Waals surface area contributed by atoms with Crippen LogP contribution in [0.1, 0.15) is 45.2 Å². The number of nitrogens with zero attached hydrogens (tertiary/aromatic N) is 2. The molecule has 0 aliphatic heterocycles. The lowest BCUT2D eigenvalue weighted by molar-refractivity contribution is 0.552. The highest BCUT2D eigenvalue weighted by Crippen LogP contribution is 2.22. The Morgan fingerprint density at radius 2 is 2.00 bits per heavy atom. The molecule has 0 fully saturated rings. The van der Waals surface area contributed by atoms with Crippen LogP contribution in [0.25, 0.3) is 0 Å². The smallest absolute Gasteiger partial charge is 0.101 e. The van der Waals surface area contributed by atoms with Crippen LogP contribution in [0, 0.1) is 23.2 Å². The van der Waals surface area contributed by atoms with Crippen molar-refractivity contribution in [1.82, 2.24) is 5.32 Å². The molecule has 21 heavy (non-hydrogen) atoms. The Morgan fingerprint density at radius 3 is 2.57 bits per heavy atom. The molecule has 1 rings (SSSR count). The van der Waals surface area contributed by atoms with Gasteiger partial charge in [-0.05, 0) is 36.1 Å². The van der Waals surface area contributed by atoms with Gasteiger partial charge in [0.2, 0.25) is 0 Å². The molecular formula is C18H29N3. The van der Waals surface area contributed by atoms with E-state index in [4.69, 9.17) is 0 Å². The van der Waals surface area contributed by atoms with Crippen LogP contribution in [0.3, 0.4) is 0 Å². The van der Waals surface area contributed by atoms with Gasteiger partial charge in [-0.1, -0.05) is 40.2 Å². The van der Waals surface area contributed by atoms with Gasteiger partial charge < -0.3 is 10.2 Å². The van der Waals surface area contributed by atoms with E-state index in [1.807, 2.05) is 6.07 Å². The lowest BCUT2D eigenvalue weighted by Gasteiger charge is -2.24. The first kappa shape index (κ1) is 17.5. The SMILES string of the molecule is CCC(C)CN(C)c1ccc(CNCC(C)C)cc1C#N. The second kappa shape index (κ2) is 8.69. The van der Waals surface area contributed by atoms with E-state index in [0.29, 0.717) is 11.8 Å². The predicted molar refractivity (Wildman–Crippen MR) is 90.4 cm³/mol. The van der Waals surface area contributed by atoms with Crippen LogP contribution in [-0.4, -0.2) is 20.1 Å². The van der Waals surface area contributed by atoms with Gasteiger partial charge in [0.05, 0.1) is 11.3 Å². The molecule has 3 nitrogen and oxygen atoms in total. The fraction of sp³-hybridized carbons (Fsp3) is 0.611. The molecule has 1 unspecified atom stereocenters. The molecule has 0 aliphatic rings. The van der Waals surface area contributed by atoms with E-state index in [1.165, 1.54) is 5.56 Å². The zero-order chi connectivity index (χ0) is 15.8. The van der Waals surface area contributed by atoms with E-state index in [0.717, 1.165) is 37.3 Å². The summed E-state index contributed by atoms with van der Waals surface area (Å²) in [5, 5.41) is 12.8. The molecule has 3 heteroatoms. The van der Waals surface area contributed by atoms with Crippen molar-refractivity contribution in [2.24, 2.45) is 11.8 Å². The van der Waals surface area contributed by atoms with Crippen molar-refractivity contribution < 1.29 is 0 Å². The third kappa shape index (κ3) is 5.77. The third-order valence-electron chi connectivity index (χ3n) is 3.76. The molecule has 1 aromatic carbocycles. The number of anilines is 1. The van der Waals surface area contributed by atoms with Crippen molar-refractivity contribution in [2.45, 2.75) is 40.7 Å². The highest BCUT2D eigenvalue weighted by atomic mass is 15.1. The summed E-state index contributed by atoms with van der Waals surface area (Å²) in [4.78, 5) is 2.19. The first-order valence-corrected chi connectivity index (χ1v) is 7.92. The van der Waals surface area contributed by atoms with Crippen molar-refractivity contribution in [3.63, 3.8) is 0 Å². The lowest BCUT2D eigenvalue weighted by atomic mass is 10.1. The summed E-state index contributed by atoms with van der Waals surface area (Å²) in [6.45, 7) is 11.6. The fourth-order valence-corrected chi connectivity index (χ4v) is 2.32. The molecular weight excluding hydrogens is 258 g/mol. The standard InChI is InChI=1S/C18H29N3/c1-6-15(4)13-21(5)18-8-7-16(9-17(18)10-19)12-20-11-14(2)3/h7-9,14-15,20H,6,11-13H2,1-5H3. The van der Waals surface area contributed by atoms with Gasteiger partial charge in [-0.25, -0.2) is 0 Å². The van der Waals surface area contributed by atoms with E-state index in [2.05, 4.69) is 63.2 Å². The second-order valence-electron chi connectivity index (χ2n) is 6.38. The average Bonchev–Trinajstić information content (AvgIpc) is 2.46. The molecule has 116 valence electrons. The van der Waals surface area contributed by atoms with Gasteiger partial charge in [0.15, 0.2) is 0 Å². The van der Waals surface area contributed by atoms with Gasteiger partial charge in [0.1, 0.15) is 6.07 Å². The maximum Gasteiger partial charge on any atom is 0.101 e. The molecule has 0 aliphatic carbocycles.